The Hall–Kier alpha value is -3.68. The summed E-state index contributed by atoms with van der Waals surface area (Å²) < 4.78 is 36.0. The molecule has 13 heteroatoms. The molecule has 3 aromatic rings. The number of nitrogens with one attached hydrogen (secondary N) is 2. The second kappa shape index (κ2) is 10.2. The topological polar surface area (TPSA) is 145 Å². The van der Waals surface area contributed by atoms with E-state index < -0.39 is 29.2 Å². The second-order valence-electron chi connectivity index (χ2n) is 9.60. The van der Waals surface area contributed by atoms with Crippen LogP contribution < -0.4 is 15.6 Å². The molecule has 5 rings (SSSR count). The highest BCUT2D eigenvalue weighted by Crippen LogP contribution is 2.37. The van der Waals surface area contributed by atoms with Gasteiger partial charge in [0.15, 0.2) is 5.03 Å². The maximum absolute atomic E-state index is 13.0. The Labute approximate surface area is 220 Å². The Morgan fingerprint density at radius 1 is 1.21 bits per heavy atom. The molecule has 38 heavy (non-hydrogen) atoms. The highest BCUT2D eigenvalue weighted by Gasteiger charge is 2.26. The van der Waals surface area contributed by atoms with Crippen molar-refractivity contribution in [2.45, 2.75) is 50.2 Å². The number of urea groups is 1. The van der Waals surface area contributed by atoms with E-state index in [4.69, 9.17) is 4.65 Å². The van der Waals surface area contributed by atoms with E-state index in [9.17, 15) is 23.0 Å². The fourth-order valence-corrected chi connectivity index (χ4v) is 5.63. The lowest BCUT2D eigenvalue weighted by Gasteiger charge is -2.19. The summed E-state index contributed by atoms with van der Waals surface area (Å²) in [5.74, 6) is 1.44. The standard InChI is InChI=1S/C25H28BN5O6S/c1-16(2)30-12-9-18(14-23(30)32)21-7-6-17-4-3-5-20(17)24(21)27-25(33)29-38(35,36)22-10-13-31(28-22)19-8-11-26(34)37-15-19/h6-14,16,19,34H,3-5,15H2,1-2H3,(H2,27,29,33). The summed E-state index contributed by atoms with van der Waals surface area (Å²) in [5.41, 5.74) is 3.60. The summed E-state index contributed by atoms with van der Waals surface area (Å²) in [6, 6.07) is 7.13. The number of anilines is 1. The zero-order chi connectivity index (χ0) is 27.0. The minimum atomic E-state index is -4.28. The number of sulfonamides is 1. The molecular formula is C25H28BN5O6S. The van der Waals surface area contributed by atoms with E-state index in [2.05, 4.69) is 10.4 Å². The van der Waals surface area contributed by atoms with Gasteiger partial charge in [-0.05, 0) is 61.9 Å². The SMILES string of the molecule is CC(C)n1ccc(-c2ccc3c(c2NC(=O)NS(=O)(=O)c2ccn(C4C=CB(O)OC4)n2)CCC3)cc1=O. The van der Waals surface area contributed by atoms with Gasteiger partial charge in [0.2, 0.25) is 0 Å². The molecule has 1 atom stereocenters. The number of benzene rings is 1. The molecule has 0 bridgehead atoms. The lowest BCUT2D eigenvalue weighted by Crippen LogP contribution is -2.35. The lowest BCUT2D eigenvalue weighted by atomic mass is 9.87. The number of amides is 2. The smallest absolute Gasteiger partial charge is 0.423 e. The van der Waals surface area contributed by atoms with Crippen LogP contribution in [-0.2, 0) is 27.5 Å². The molecule has 2 amide bonds. The highest BCUT2D eigenvalue weighted by molar-refractivity contribution is 7.90. The molecule has 0 saturated heterocycles. The van der Waals surface area contributed by atoms with Crippen molar-refractivity contribution in [1.82, 2.24) is 19.1 Å². The molecular weight excluding hydrogens is 509 g/mol. The zero-order valence-electron chi connectivity index (χ0n) is 21.0. The van der Waals surface area contributed by atoms with Crippen molar-refractivity contribution in [2.24, 2.45) is 0 Å². The van der Waals surface area contributed by atoms with Crippen molar-refractivity contribution in [1.29, 1.82) is 0 Å². The Balaban J connectivity index is 1.40. The number of aryl methyl sites for hydroxylation is 1. The first-order valence-electron chi connectivity index (χ1n) is 12.4. The fraction of sp³-hybridized carbons (Fsp3) is 0.320. The van der Waals surface area contributed by atoms with Crippen LogP contribution in [0, 0.1) is 0 Å². The quantitative estimate of drug-likeness (QED) is 0.410. The van der Waals surface area contributed by atoms with E-state index >= 15 is 0 Å². The summed E-state index contributed by atoms with van der Waals surface area (Å²) in [6.07, 6.45) is 7.33. The predicted octanol–water partition coefficient (Wildman–Crippen LogP) is 2.44. The molecule has 0 saturated carbocycles. The van der Waals surface area contributed by atoms with Gasteiger partial charge in [-0.15, -0.1) is 0 Å². The van der Waals surface area contributed by atoms with E-state index in [-0.39, 0.29) is 23.2 Å². The van der Waals surface area contributed by atoms with Crippen LogP contribution in [0.1, 0.15) is 43.5 Å². The summed E-state index contributed by atoms with van der Waals surface area (Å²) in [4.78, 5) is 25.6. The average Bonchev–Trinajstić information content (AvgIpc) is 3.55. The summed E-state index contributed by atoms with van der Waals surface area (Å²) >= 11 is 0. The maximum Gasteiger partial charge on any atom is 0.483 e. The van der Waals surface area contributed by atoms with E-state index in [0.717, 1.165) is 30.4 Å². The maximum atomic E-state index is 13.0. The summed E-state index contributed by atoms with van der Waals surface area (Å²) in [5, 5.41) is 15.9. The molecule has 3 heterocycles. The van der Waals surface area contributed by atoms with Gasteiger partial charge in [-0.1, -0.05) is 24.2 Å². The highest BCUT2D eigenvalue weighted by atomic mass is 32.2. The number of nitrogens with zero attached hydrogens (tertiary/aromatic N) is 3. The van der Waals surface area contributed by atoms with E-state index in [1.54, 1.807) is 16.8 Å². The molecule has 11 nitrogen and oxygen atoms in total. The number of pyridine rings is 1. The van der Waals surface area contributed by atoms with Gasteiger partial charge in [0.05, 0.1) is 18.3 Å². The van der Waals surface area contributed by atoms with Gasteiger partial charge in [0.25, 0.3) is 15.6 Å². The first-order chi connectivity index (χ1) is 18.1. The predicted molar refractivity (Wildman–Crippen MR) is 142 cm³/mol. The molecule has 1 unspecified atom stereocenters. The largest absolute Gasteiger partial charge is 0.483 e. The van der Waals surface area contributed by atoms with Gasteiger partial charge < -0.3 is 19.6 Å². The van der Waals surface area contributed by atoms with Crippen LogP contribution in [0.2, 0.25) is 0 Å². The van der Waals surface area contributed by atoms with Gasteiger partial charge in [0.1, 0.15) is 0 Å². The number of hydrogen-bond acceptors (Lipinski definition) is 7. The van der Waals surface area contributed by atoms with Gasteiger partial charge >= 0.3 is 13.1 Å². The van der Waals surface area contributed by atoms with Crippen molar-refractivity contribution < 1.29 is 22.9 Å². The van der Waals surface area contributed by atoms with Crippen molar-refractivity contribution in [2.75, 3.05) is 11.9 Å². The lowest BCUT2D eigenvalue weighted by molar-refractivity contribution is 0.222. The molecule has 1 aliphatic heterocycles. The van der Waals surface area contributed by atoms with Crippen LogP contribution in [0.4, 0.5) is 10.5 Å². The Kier molecular flexibility index (Phi) is 6.99. The van der Waals surface area contributed by atoms with Crippen LogP contribution in [0.3, 0.4) is 0 Å². The zero-order valence-corrected chi connectivity index (χ0v) is 21.8. The minimum Gasteiger partial charge on any atom is -0.423 e. The van der Waals surface area contributed by atoms with Crippen molar-refractivity contribution in [3.8, 4) is 11.1 Å². The van der Waals surface area contributed by atoms with Gasteiger partial charge in [-0.3, -0.25) is 9.48 Å². The van der Waals surface area contributed by atoms with Gasteiger partial charge in [0, 0.05) is 30.1 Å². The molecule has 3 N–H and O–H groups in total. The normalized spacial score (nSPS) is 17.1. The van der Waals surface area contributed by atoms with Crippen molar-refractivity contribution in [3.05, 3.63) is 76.3 Å². The minimum absolute atomic E-state index is 0.00174. The van der Waals surface area contributed by atoms with E-state index in [1.165, 1.54) is 29.0 Å². The number of fused-ring (bicyclic) bond motifs is 1. The van der Waals surface area contributed by atoms with Crippen LogP contribution >= 0.6 is 0 Å². The van der Waals surface area contributed by atoms with E-state index in [1.807, 2.05) is 36.8 Å². The molecule has 198 valence electrons. The van der Waals surface area contributed by atoms with Crippen LogP contribution in [-0.4, -0.2) is 47.5 Å². The first kappa shape index (κ1) is 26.0. The summed E-state index contributed by atoms with van der Waals surface area (Å²) in [7, 11) is -5.29. The molecule has 2 aliphatic rings. The molecule has 0 spiro atoms. The summed E-state index contributed by atoms with van der Waals surface area (Å²) in [6.45, 7) is 3.96. The van der Waals surface area contributed by atoms with Gasteiger partial charge in [-0.2, -0.15) is 13.5 Å². The number of aromatic nitrogens is 3. The Morgan fingerprint density at radius 3 is 2.74 bits per heavy atom. The number of carbonyl (C=O) groups excluding carboxylic acids is 1. The number of hydrogen-bond donors (Lipinski definition) is 3. The van der Waals surface area contributed by atoms with Gasteiger partial charge in [-0.25, -0.2) is 9.52 Å². The third-order valence-electron chi connectivity index (χ3n) is 6.70. The third-order valence-corrected chi connectivity index (χ3v) is 7.92. The Morgan fingerprint density at radius 2 is 2.03 bits per heavy atom. The fourth-order valence-electron chi connectivity index (χ4n) is 4.79. The monoisotopic (exact) mass is 537 g/mol. The van der Waals surface area contributed by atoms with Crippen molar-refractivity contribution in [3.63, 3.8) is 0 Å². The molecule has 0 radical (unpaired) electrons. The average molecular weight is 537 g/mol. The molecule has 0 fully saturated rings. The third kappa shape index (κ3) is 5.17. The van der Waals surface area contributed by atoms with Crippen LogP contribution in [0.5, 0.6) is 0 Å². The number of carbonyl (C=O) groups is 1. The van der Waals surface area contributed by atoms with Crippen LogP contribution in [0.15, 0.2) is 64.6 Å². The number of rotatable bonds is 6. The molecule has 1 aromatic carbocycles. The Bertz CT molecular complexity index is 1580. The second-order valence-corrected chi connectivity index (χ2v) is 11.2. The molecule has 2 aromatic heterocycles. The van der Waals surface area contributed by atoms with Crippen LogP contribution in [0.25, 0.3) is 11.1 Å². The first-order valence-corrected chi connectivity index (χ1v) is 13.8. The van der Waals surface area contributed by atoms with E-state index in [0.29, 0.717) is 16.8 Å². The van der Waals surface area contributed by atoms with Crippen molar-refractivity contribution >= 4 is 28.9 Å². The molecule has 1 aliphatic carbocycles.